The summed E-state index contributed by atoms with van der Waals surface area (Å²) in [5, 5.41) is 3.49. The molecule has 4 nitrogen and oxygen atoms in total. The van der Waals surface area contributed by atoms with Gasteiger partial charge in [0.15, 0.2) is 0 Å². The summed E-state index contributed by atoms with van der Waals surface area (Å²) in [4.78, 5) is 4.11. The van der Waals surface area contributed by atoms with Gasteiger partial charge in [0.1, 0.15) is 12.4 Å². The molecule has 0 aliphatic heterocycles. The minimum absolute atomic E-state index is 0.0711. The van der Waals surface area contributed by atoms with Gasteiger partial charge in [-0.15, -0.1) is 0 Å². The van der Waals surface area contributed by atoms with Gasteiger partial charge in [0.2, 0.25) is 0 Å². The fraction of sp³-hybridized carbons (Fsp3) is 0.438. The third-order valence-corrected chi connectivity index (χ3v) is 3.76. The molecule has 0 saturated heterocycles. The number of nitrogens with zero attached hydrogens (tertiary/aromatic N) is 2. The molecular formula is C16H22BrN3O. The van der Waals surface area contributed by atoms with Gasteiger partial charge in [-0.2, -0.15) is 0 Å². The van der Waals surface area contributed by atoms with Gasteiger partial charge in [0.25, 0.3) is 0 Å². The number of aromatic nitrogens is 2. The molecule has 0 radical (unpaired) electrons. The molecule has 2 aromatic rings. The standard InChI is InChI=1S/C16H22BrN3O/c1-16(2,3)19-8-12-6-5-7-14(17)15(12)21-10-13-9-18-11-20(13)4/h5-7,9,11,19H,8,10H2,1-4H3. The largest absolute Gasteiger partial charge is 0.486 e. The topological polar surface area (TPSA) is 39.1 Å². The Bertz CT molecular complexity index is 602. The lowest BCUT2D eigenvalue weighted by Gasteiger charge is -2.22. The summed E-state index contributed by atoms with van der Waals surface area (Å²) in [6, 6.07) is 6.11. The van der Waals surface area contributed by atoms with Gasteiger partial charge in [0, 0.05) is 24.7 Å². The molecule has 0 fully saturated rings. The van der Waals surface area contributed by atoms with Crippen LogP contribution < -0.4 is 10.1 Å². The molecule has 0 bridgehead atoms. The normalized spacial score (nSPS) is 11.7. The summed E-state index contributed by atoms with van der Waals surface area (Å²) in [7, 11) is 1.97. The van der Waals surface area contributed by atoms with Crippen LogP contribution in [0.1, 0.15) is 32.0 Å². The summed E-state index contributed by atoms with van der Waals surface area (Å²) in [5.41, 5.74) is 2.25. The number of rotatable bonds is 5. The molecule has 114 valence electrons. The zero-order valence-electron chi connectivity index (χ0n) is 13.0. The minimum atomic E-state index is 0.0711. The first-order chi connectivity index (χ1) is 9.87. The molecule has 0 spiro atoms. The average Bonchev–Trinajstić information content (AvgIpc) is 2.80. The van der Waals surface area contributed by atoms with Crippen molar-refractivity contribution in [3.05, 3.63) is 46.5 Å². The first kappa shape index (κ1) is 16.0. The molecule has 5 heteroatoms. The van der Waals surface area contributed by atoms with Gasteiger partial charge in [-0.05, 0) is 42.8 Å². The lowest BCUT2D eigenvalue weighted by molar-refractivity contribution is 0.289. The second kappa shape index (κ2) is 6.62. The Balaban J connectivity index is 2.12. The van der Waals surface area contributed by atoms with Crippen LogP contribution in [-0.4, -0.2) is 15.1 Å². The number of para-hydroxylation sites is 1. The van der Waals surface area contributed by atoms with E-state index in [2.05, 4.69) is 53.1 Å². The fourth-order valence-corrected chi connectivity index (χ4v) is 2.41. The van der Waals surface area contributed by atoms with Crippen molar-refractivity contribution in [1.82, 2.24) is 14.9 Å². The van der Waals surface area contributed by atoms with E-state index in [9.17, 15) is 0 Å². The first-order valence-electron chi connectivity index (χ1n) is 6.97. The maximum absolute atomic E-state index is 6.01. The molecule has 0 unspecified atom stereocenters. The summed E-state index contributed by atoms with van der Waals surface area (Å²) in [6.45, 7) is 7.73. The molecule has 0 amide bonds. The van der Waals surface area contributed by atoms with Crippen LogP contribution in [0.2, 0.25) is 0 Å². The number of halogens is 1. The second-order valence-corrected chi connectivity index (χ2v) is 6.97. The Morgan fingerprint density at radius 2 is 2.10 bits per heavy atom. The first-order valence-corrected chi connectivity index (χ1v) is 7.76. The molecule has 0 saturated carbocycles. The van der Waals surface area contributed by atoms with Gasteiger partial charge in [-0.25, -0.2) is 4.98 Å². The molecule has 0 atom stereocenters. The van der Waals surface area contributed by atoms with Crippen LogP contribution in [0.3, 0.4) is 0 Å². The number of benzene rings is 1. The van der Waals surface area contributed by atoms with Gasteiger partial charge < -0.3 is 14.6 Å². The second-order valence-electron chi connectivity index (χ2n) is 6.12. The zero-order chi connectivity index (χ0) is 15.5. The molecule has 0 aliphatic rings. The lowest BCUT2D eigenvalue weighted by atomic mass is 10.1. The van der Waals surface area contributed by atoms with E-state index in [0.29, 0.717) is 6.61 Å². The molecule has 1 aromatic carbocycles. The number of nitrogens with one attached hydrogen (secondary N) is 1. The molecule has 0 aliphatic carbocycles. The Morgan fingerprint density at radius 3 is 2.71 bits per heavy atom. The van der Waals surface area contributed by atoms with Crippen LogP contribution in [0.25, 0.3) is 0 Å². The van der Waals surface area contributed by atoms with Crippen LogP contribution in [-0.2, 0) is 20.2 Å². The predicted molar refractivity (Wildman–Crippen MR) is 88.3 cm³/mol. The van der Waals surface area contributed by atoms with Crippen LogP contribution in [0.15, 0.2) is 35.2 Å². The summed E-state index contributed by atoms with van der Waals surface area (Å²) < 4.78 is 8.94. The van der Waals surface area contributed by atoms with E-state index in [-0.39, 0.29) is 5.54 Å². The average molecular weight is 352 g/mol. The number of hydrogen-bond acceptors (Lipinski definition) is 3. The van der Waals surface area contributed by atoms with Crippen LogP contribution in [0.4, 0.5) is 0 Å². The predicted octanol–water partition coefficient (Wildman–Crippen LogP) is 3.65. The number of imidazole rings is 1. The number of ether oxygens (including phenoxy) is 1. The van der Waals surface area contributed by atoms with Crippen molar-refractivity contribution in [2.75, 3.05) is 0 Å². The van der Waals surface area contributed by atoms with Crippen LogP contribution >= 0.6 is 15.9 Å². The highest BCUT2D eigenvalue weighted by Crippen LogP contribution is 2.30. The molecule has 2 rings (SSSR count). The maximum Gasteiger partial charge on any atom is 0.138 e. The molecule has 1 heterocycles. The third kappa shape index (κ3) is 4.58. The fourth-order valence-electron chi connectivity index (χ4n) is 1.88. The van der Waals surface area contributed by atoms with Crippen molar-refractivity contribution in [3.63, 3.8) is 0 Å². The van der Waals surface area contributed by atoms with Gasteiger partial charge >= 0.3 is 0 Å². The number of hydrogen-bond donors (Lipinski definition) is 1. The van der Waals surface area contributed by atoms with E-state index in [1.807, 2.05) is 29.9 Å². The zero-order valence-corrected chi connectivity index (χ0v) is 14.6. The highest BCUT2D eigenvalue weighted by Gasteiger charge is 2.13. The summed E-state index contributed by atoms with van der Waals surface area (Å²) >= 11 is 3.58. The van der Waals surface area contributed by atoms with E-state index in [1.54, 1.807) is 6.33 Å². The van der Waals surface area contributed by atoms with Crippen LogP contribution in [0.5, 0.6) is 5.75 Å². The van der Waals surface area contributed by atoms with E-state index >= 15 is 0 Å². The highest BCUT2D eigenvalue weighted by atomic mass is 79.9. The summed E-state index contributed by atoms with van der Waals surface area (Å²) in [6.07, 6.45) is 3.60. The van der Waals surface area contributed by atoms with E-state index in [4.69, 9.17) is 4.74 Å². The Hall–Kier alpha value is -1.33. The monoisotopic (exact) mass is 351 g/mol. The highest BCUT2D eigenvalue weighted by molar-refractivity contribution is 9.10. The van der Waals surface area contributed by atoms with Gasteiger partial charge in [0.05, 0.1) is 22.7 Å². The van der Waals surface area contributed by atoms with E-state index in [1.165, 1.54) is 0 Å². The van der Waals surface area contributed by atoms with Crippen molar-refractivity contribution >= 4 is 15.9 Å². The van der Waals surface area contributed by atoms with Gasteiger partial charge in [-0.3, -0.25) is 0 Å². The van der Waals surface area contributed by atoms with Crippen molar-refractivity contribution in [2.45, 2.75) is 39.5 Å². The van der Waals surface area contributed by atoms with E-state index in [0.717, 1.165) is 28.0 Å². The van der Waals surface area contributed by atoms with E-state index < -0.39 is 0 Å². The molecule has 21 heavy (non-hydrogen) atoms. The quantitative estimate of drug-likeness (QED) is 0.893. The van der Waals surface area contributed by atoms with Crippen LogP contribution in [0, 0.1) is 0 Å². The molecule has 1 N–H and O–H groups in total. The third-order valence-electron chi connectivity index (χ3n) is 3.14. The van der Waals surface area contributed by atoms with Crippen molar-refractivity contribution in [2.24, 2.45) is 7.05 Å². The Morgan fingerprint density at radius 1 is 1.33 bits per heavy atom. The molecular weight excluding hydrogens is 330 g/mol. The minimum Gasteiger partial charge on any atom is -0.486 e. The summed E-state index contributed by atoms with van der Waals surface area (Å²) in [5.74, 6) is 0.885. The molecule has 1 aromatic heterocycles. The Kier molecular flexibility index (Phi) is 5.06. The van der Waals surface area contributed by atoms with Crippen molar-refractivity contribution in [1.29, 1.82) is 0 Å². The lowest BCUT2D eigenvalue weighted by Crippen LogP contribution is -2.35. The van der Waals surface area contributed by atoms with Crippen molar-refractivity contribution in [3.8, 4) is 5.75 Å². The SMILES string of the molecule is Cn1cncc1COc1c(Br)cccc1CNC(C)(C)C. The maximum atomic E-state index is 6.01. The smallest absolute Gasteiger partial charge is 0.138 e. The van der Waals surface area contributed by atoms with Crippen molar-refractivity contribution < 1.29 is 4.74 Å². The van der Waals surface area contributed by atoms with Gasteiger partial charge in [-0.1, -0.05) is 12.1 Å². The number of aryl methyl sites for hydroxylation is 1. The Labute approximate surface area is 134 Å².